The highest BCUT2D eigenvalue weighted by molar-refractivity contribution is 6.31. The zero-order chi connectivity index (χ0) is 7.84. The largest absolute Gasteiger partial charge is 0.351 e. The predicted molar refractivity (Wildman–Crippen MR) is 42.1 cm³/mol. The van der Waals surface area contributed by atoms with E-state index in [2.05, 4.69) is 11.2 Å². The van der Waals surface area contributed by atoms with Crippen molar-refractivity contribution in [1.29, 1.82) is 0 Å². The van der Waals surface area contributed by atoms with Gasteiger partial charge in [0.05, 0.1) is 0 Å². The number of H-pyrrole nitrogens is 1. The van der Waals surface area contributed by atoms with Crippen molar-refractivity contribution < 1.29 is 4.39 Å². The van der Waals surface area contributed by atoms with Gasteiger partial charge in [0.1, 0.15) is 6.20 Å². The van der Waals surface area contributed by atoms with E-state index in [4.69, 9.17) is 11.6 Å². The standard InChI is InChI=1S/C8H4ClFN/c9-5-1-2-8-6(3-5)7(10)4-11-8/h1-3,11H. The Hall–Kier alpha value is -1.02. The third kappa shape index (κ3) is 0.994. The monoisotopic (exact) mass is 168 g/mol. The highest BCUT2D eigenvalue weighted by atomic mass is 35.5. The summed E-state index contributed by atoms with van der Waals surface area (Å²) in [5.74, 6) is -0.387. The molecule has 0 amide bonds. The van der Waals surface area contributed by atoms with Gasteiger partial charge in [0, 0.05) is 15.9 Å². The van der Waals surface area contributed by atoms with Crippen molar-refractivity contribution in [3.05, 3.63) is 35.2 Å². The van der Waals surface area contributed by atoms with Crippen LogP contribution in [-0.4, -0.2) is 4.98 Å². The summed E-state index contributed by atoms with van der Waals surface area (Å²) in [6.07, 6.45) is 2.35. The fourth-order valence-corrected chi connectivity index (χ4v) is 1.17. The fourth-order valence-electron chi connectivity index (χ4n) is 0.997. The summed E-state index contributed by atoms with van der Waals surface area (Å²) in [7, 11) is 0. The van der Waals surface area contributed by atoms with Crippen LogP contribution in [0, 0.1) is 12.0 Å². The summed E-state index contributed by atoms with van der Waals surface area (Å²) >= 11 is 5.65. The molecule has 0 spiro atoms. The van der Waals surface area contributed by atoms with Crippen molar-refractivity contribution in [2.75, 3.05) is 0 Å². The van der Waals surface area contributed by atoms with Crippen LogP contribution in [0.5, 0.6) is 0 Å². The number of rotatable bonds is 0. The molecule has 0 fully saturated rings. The molecule has 1 heterocycles. The van der Waals surface area contributed by atoms with Gasteiger partial charge < -0.3 is 4.98 Å². The van der Waals surface area contributed by atoms with Crippen LogP contribution in [0.2, 0.25) is 5.02 Å². The van der Waals surface area contributed by atoms with E-state index in [1.165, 1.54) is 0 Å². The molecule has 0 aliphatic carbocycles. The first-order valence-electron chi connectivity index (χ1n) is 3.12. The maximum atomic E-state index is 12.8. The van der Waals surface area contributed by atoms with Gasteiger partial charge in [-0.05, 0) is 18.2 Å². The smallest absolute Gasteiger partial charge is 0.158 e. The molecule has 0 saturated carbocycles. The van der Waals surface area contributed by atoms with Crippen LogP contribution < -0.4 is 0 Å². The van der Waals surface area contributed by atoms with E-state index in [-0.39, 0.29) is 5.82 Å². The second-order valence-electron chi connectivity index (χ2n) is 2.25. The third-order valence-electron chi connectivity index (χ3n) is 1.52. The van der Waals surface area contributed by atoms with E-state index < -0.39 is 0 Å². The lowest BCUT2D eigenvalue weighted by Crippen LogP contribution is -1.68. The lowest BCUT2D eigenvalue weighted by atomic mass is 10.2. The number of benzene rings is 1. The molecule has 0 unspecified atom stereocenters. The Bertz CT molecular complexity index is 394. The summed E-state index contributed by atoms with van der Waals surface area (Å²) in [6, 6.07) is 4.99. The number of aromatic nitrogens is 1. The van der Waals surface area contributed by atoms with Crippen molar-refractivity contribution >= 4 is 22.5 Å². The minimum absolute atomic E-state index is 0.387. The minimum Gasteiger partial charge on any atom is -0.351 e. The van der Waals surface area contributed by atoms with Crippen molar-refractivity contribution in [3.8, 4) is 0 Å². The Morgan fingerprint density at radius 2 is 2.27 bits per heavy atom. The van der Waals surface area contributed by atoms with Crippen molar-refractivity contribution in [3.63, 3.8) is 0 Å². The van der Waals surface area contributed by atoms with Crippen molar-refractivity contribution in [2.45, 2.75) is 0 Å². The lowest BCUT2D eigenvalue weighted by molar-refractivity contribution is 0.637. The van der Waals surface area contributed by atoms with Gasteiger partial charge in [0.2, 0.25) is 0 Å². The van der Waals surface area contributed by atoms with Gasteiger partial charge in [-0.3, -0.25) is 0 Å². The Kier molecular flexibility index (Phi) is 1.36. The Morgan fingerprint density at radius 3 is 3.09 bits per heavy atom. The number of aromatic amines is 1. The van der Waals surface area contributed by atoms with Crippen LogP contribution in [0.3, 0.4) is 0 Å². The molecule has 0 aliphatic rings. The fraction of sp³-hybridized carbons (Fsp3) is 0. The Labute approximate surface area is 67.8 Å². The molecule has 2 rings (SSSR count). The van der Waals surface area contributed by atoms with E-state index in [0.717, 1.165) is 0 Å². The first kappa shape index (κ1) is 6.68. The summed E-state index contributed by atoms with van der Waals surface area (Å²) in [5.41, 5.74) is 0.715. The van der Waals surface area contributed by atoms with Gasteiger partial charge >= 0.3 is 0 Å². The Morgan fingerprint density at radius 1 is 1.45 bits per heavy atom. The summed E-state index contributed by atoms with van der Waals surface area (Å²) in [6.45, 7) is 0. The molecule has 1 nitrogen and oxygen atoms in total. The van der Waals surface area contributed by atoms with E-state index in [1.807, 2.05) is 0 Å². The molecule has 0 saturated heterocycles. The summed E-state index contributed by atoms with van der Waals surface area (Å²) < 4.78 is 12.8. The number of halogens is 2. The van der Waals surface area contributed by atoms with Crippen molar-refractivity contribution in [2.24, 2.45) is 0 Å². The topological polar surface area (TPSA) is 15.8 Å². The predicted octanol–water partition coefficient (Wildman–Crippen LogP) is 2.76. The molecule has 3 heteroatoms. The zero-order valence-corrected chi connectivity index (χ0v) is 6.24. The third-order valence-corrected chi connectivity index (χ3v) is 1.76. The molecule has 1 radical (unpaired) electrons. The molecular weight excluding hydrogens is 165 g/mol. The second kappa shape index (κ2) is 2.24. The van der Waals surface area contributed by atoms with Crippen LogP contribution in [0.4, 0.5) is 4.39 Å². The van der Waals surface area contributed by atoms with E-state index in [1.54, 1.807) is 18.2 Å². The number of hydrogen-bond donors (Lipinski definition) is 1. The van der Waals surface area contributed by atoms with Crippen LogP contribution >= 0.6 is 11.6 Å². The van der Waals surface area contributed by atoms with Gasteiger partial charge in [-0.15, -0.1) is 0 Å². The average Bonchev–Trinajstić information content (AvgIpc) is 2.33. The lowest BCUT2D eigenvalue weighted by Gasteiger charge is -1.89. The minimum atomic E-state index is -0.387. The number of nitrogens with one attached hydrogen (secondary N) is 1. The molecule has 0 aliphatic heterocycles. The molecule has 11 heavy (non-hydrogen) atoms. The SMILES string of the molecule is Fc1[c][nH]c2ccc(Cl)cc12. The van der Waals surface area contributed by atoms with Crippen LogP contribution in [0.15, 0.2) is 18.2 Å². The van der Waals surface area contributed by atoms with Gasteiger partial charge in [-0.2, -0.15) is 0 Å². The van der Waals surface area contributed by atoms with E-state index in [0.29, 0.717) is 15.9 Å². The molecule has 0 bridgehead atoms. The molecule has 0 atom stereocenters. The maximum absolute atomic E-state index is 12.8. The second-order valence-corrected chi connectivity index (χ2v) is 2.69. The first-order valence-corrected chi connectivity index (χ1v) is 3.49. The zero-order valence-electron chi connectivity index (χ0n) is 5.49. The maximum Gasteiger partial charge on any atom is 0.158 e. The average molecular weight is 169 g/mol. The first-order chi connectivity index (χ1) is 5.27. The van der Waals surface area contributed by atoms with Gasteiger partial charge in [-0.25, -0.2) is 4.39 Å². The molecule has 2 aromatic rings. The normalized spacial score (nSPS) is 10.7. The van der Waals surface area contributed by atoms with Crippen LogP contribution in [0.25, 0.3) is 10.9 Å². The van der Waals surface area contributed by atoms with E-state index >= 15 is 0 Å². The molecular formula is C8H4ClFN. The van der Waals surface area contributed by atoms with Crippen LogP contribution in [-0.2, 0) is 0 Å². The quantitative estimate of drug-likeness (QED) is 0.623. The number of hydrogen-bond acceptors (Lipinski definition) is 0. The van der Waals surface area contributed by atoms with Gasteiger partial charge in [-0.1, -0.05) is 11.6 Å². The molecule has 1 N–H and O–H groups in total. The number of fused-ring (bicyclic) bond motifs is 1. The van der Waals surface area contributed by atoms with Crippen molar-refractivity contribution in [1.82, 2.24) is 4.98 Å². The highest BCUT2D eigenvalue weighted by Crippen LogP contribution is 2.20. The molecule has 55 valence electrons. The summed E-state index contributed by atoms with van der Waals surface area (Å²) in [5, 5.41) is 1.02. The van der Waals surface area contributed by atoms with Gasteiger partial charge in [0.25, 0.3) is 0 Å². The summed E-state index contributed by atoms with van der Waals surface area (Å²) in [4.78, 5) is 2.66. The molecule has 1 aromatic heterocycles. The Balaban J connectivity index is 2.87. The van der Waals surface area contributed by atoms with E-state index in [9.17, 15) is 4.39 Å². The highest BCUT2D eigenvalue weighted by Gasteiger charge is 2.02. The van der Waals surface area contributed by atoms with Crippen LogP contribution in [0.1, 0.15) is 0 Å². The van der Waals surface area contributed by atoms with Gasteiger partial charge in [0.15, 0.2) is 5.82 Å². The molecule has 1 aromatic carbocycles.